The molecule has 2 aliphatic rings. The number of amides is 1. The Labute approximate surface area is 208 Å². The number of hydrazone groups is 1. The molecular formula is C30H35N3O2. The van der Waals surface area contributed by atoms with Crippen LogP contribution in [0.1, 0.15) is 56.7 Å². The molecule has 0 bridgehead atoms. The van der Waals surface area contributed by atoms with Gasteiger partial charge in [-0.2, -0.15) is 5.10 Å². The zero-order chi connectivity index (χ0) is 24.4. The number of ether oxygens (including phenoxy) is 1. The van der Waals surface area contributed by atoms with Crippen molar-refractivity contribution in [1.82, 2.24) is 10.3 Å². The van der Waals surface area contributed by atoms with Gasteiger partial charge in [-0.25, -0.2) is 5.01 Å². The van der Waals surface area contributed by atoms with Crippen molar-refractivity contribution in [2.24, 2.45) is 16.9 Å². The lowest BCUT2D eigenvalue weighted by atomic mass is 9.78. The van der Waals surface area contributed by atoms with Crippen molar-refractivity contribution in [2.75, 3.05) is 13.7 Å². The van der Waals surface area contributed by atoms with Gasteiger partial charge in [0.25, 0.3) is 5.91 Å². The van der Waals surface area contributed by atoms with Crippen LogP contribution >= 0.6 is 0 Å². The Morgan fingerprint density at radius 1 is 1.03 bits per heavy atom. The summed E-state index contributed by atoms with van der Waals surface area (Å²) in [6.07, 6.45) is 4.32. The molecule has 0 radical (unpaired) electrons. The Hall–Kier alpha value is -3.18. The molecule has 0 spiro atoms. The summed E-state index contributed by atoms with van der Waals surface area (Å²) in [5, 5.41) is 12.5. The summed E-state index contributed by atoms with van der Waals surface area (Å²) < 4.78 is 5.34. The number of carbonyl (C=O) groups is 1. The van der Waals surface area contributed by atoms with Crippen LogP contribution in [-0.4, -0.2) is 36.3 Å². The lowest BCUT2D eigenvalue weighted by molar-refractivity contribution is -0.132. The maximum atomic E-state index is 13.5. The van der Waals surface area contributed by atoms with E-state index >= 15 is 0 Å². The summed E-state index contributed by atoms with van der Waals surface area (Å²) in [5.74, 6) is 2.09. The first kappa shape index (κ1) is 23.6. The van der Waals surface area contributed by atoms with E-state index in [1.807, 2.05) is 24.3 Å². The number of fused-ring (bicyclic) bond motifs is 1. The minimum atomic E-state index is -0.126. The highest BCUT2D eigenvalue weighted by Crippen LogP contribution is 2.34. The van der Waals surface area contributed by atoms with Gasteiger partial charge >= 0.3 is 0 Å². The number of benzene rings is 3. The van der Waals surface area contributed by atoms with Crippen LogP contribution in [0.2, 0.25) is 0 Å². The van der Waals surface area contributed by atoms with Crippen LogP contribution < -0.4 is 10.1 Å². The molecule has 4 atom stereocenters. The predicted molar refractivity (Wildman–Crippen MR) is 142 cm³/mol. The van der Waals surface area contributed by atoms with Crippen molar-refractivity contribution in [3.8, 4) is 5.75 Å². The molecule has 0 unspecified atom stereocenters. The highest BCUT2D eigenvalue weighted by atomic mass is 16.5. The lowest BCUT2D eigenvalue weighted by Crippen LogP contribution is -2.45. The Morgan fingerprint density at radius 3 is 2.57 bits per heavy atom. The van der Waals surface area contributed by atoms with Crippen LogP contribution in [0.25, 0.3) is 10.8 Å². The second-order valence-electron chi connectivity index (χ2n) is 10.1. The largest absolute Gasteiger partial charge is 0.497 e. The van der Waals surface area contributed by atoms with E-state index in [-0.39, 0.29) is 11.9 Å². The van der Waals surface area contributed by atoms with Crippen LogP contribution in [0.3, 0.4) is 0 Å². The maximum absolute atomic E-state index is 13.5. The Kier molecular flexibility index (Phi) is 6.87. The monoisotopic (exact) mass is 469 g/mol. The Morgan fingerprint density at radius 2 is 1.80 bits per heavy atom. The van der Waals surface area contributed by atoms with Crippen LogP contribution in [0.4, 0.5) is 0 Å². The first-order valence-electron chi connectivity index (χ1n) is 12.8. The minimum Gasteiger partial charge on any atom is -0.497 e. The zero-order valence-corrected chi connectivity index (χ0v) is 20.9. The van der Waals surface area contributed by atoms with Gasteiger partial charge in [0.2, 0.25) is 0 Å². The van der Waals surface area contributed by atoms with E-state index in [9.17, 15) is 4.79 Å². The lowest BCUT2D eigenvalue weighted by Gasteiger charge is -2.35. The van der Waals surface area contributed by atoms with Crippen LogP contribution in [0, 0.1) is 11.8 Å². The second-order valence-corrected chi connectivity index (χ2v) is 10.1. The van der Waals surface area contributed by atoms with Gasteiger partial charge in [0.15, 0.2) is 0 Å². The number of carbonyl (C=O) groups excluding carboxylic acids is 1. The van der Waals surface area contributed by atoms with E-state index in [2.05, 4.69) is 61.6 Å². The topological polar surface area (TPSA) is 53.9 Å². The van der Waals surface area contributed by atoms with Gasteiger partial charge < -0.3 is 10.1 Å². The molecular weight excluding hydrogens is 434 g/mol. The molecule has 1 aliphatic carbocycles. The molecule has 1 heterocycles. The smallest absolute Gasteiger partial charge is 0.257 e. The molecule has 3 aromatic carbocycles. The Bertz CT molecular complexity index is 1220. The number of rotatable bonds is 6. The molecule has 0 saturated heterocycles. The molecule has 5 rings (SSSR count). The summed E-state index contributed by atoms with van der Waals surface area (Å²) in [6.45, 7) is 4.93. The van der Waals surface area contributed by atoms with E-state index in [4.69, 9.17) is 9.84 Å². The van der Waals surface area contributed by atoms with Crippen molar-refractivity contribution in [3.63, 3.8) is 0 Å². The van der Waals surface area contributed by atoms with Gasteiger partial charge in [-0.05, 0) is 58.4 Å². The van der Waals surface area contributed by atoms with E-state index in [1.54, 1.807) is 12.1 Å². The Balaban J connectivity index is 1.40. The van der Waals surface area contributed by atoms with Gasteiger partial charge in [0.1, 0.15) is 5.75 Å². The summed E-state index contributed by atoms with van der Waals surface area (Å²) in [7, 11) is 1.67. The molecule has 35 heavy (non-hydrogen) atoms. The van der Waals surface area contributed by atoms with Gasteiger partial charge in [-0.15, -0.1) is 0 Å². The molecule has 3 aromatic rings. The van der Waals surface area contributed by atoms with E-state index < -0.39 is 0 Å². The van der Waals surface area contributed by atoms with E-state index in [0.29, 0.717) is 30.8 Å². The molecule has 1 amide bonds. The number of nitrogens with zero attached hydrogens (tertiary/aromatic N) is 2. The molecule has 1 aliphatic heterocycles. The van der Waals surface area contributed by atoms with Gasteiger partial charge in [-0.1, -0.05) is 75.2 Å². The number of hydrogen-bond acceptors (Lipinski definition) is 4. The van der Waals surface area contributed by atoms with Crippen molar-refractivity contribution in [2.45, 2.75) is 51.6 Å². The second kappa shape index (κ2) is 10.2. The third-order valence-corrected chi connectivity index (χ3v) is 7.97. The molecule has 1 fully saturated rings. The number of hydrogen-bond donors (Lipinski definition) is 1. The van der Waals surface area contributed by atoms with Crippen molar-refractivity contribution in [1.29, 1.82) is 0 Å². The van der Waals surface area contributed by atoms with Gasteiger partial charge in [-0.3, -0.25) is 4.79 Å². The van der Waals surface area contributed by atoms with E-state index in [0.717, 1.165) is 29.0 Å². The third kappa shape index (κ3) is 4.96. The van der Waals surface area contributed by atoms with Gasteiger partial charge in [0.05, 0.1) is 25.4 Å². The van der Waals surface area contributed by atoms with Gasteiger partial charge in [0, 0.05) is 12.5 Å². The molecule has 0 aromatic heterocycles. The first-order valence-corrected chi connectivity index (χ1v) is 12.8. The molecule has 1 N–H and O–H groups in total. The fraction of sp³-hybridized carbons (Fsp3) is 0.400. The minimum absolute atomic E-state index is 0.0204. The van der Waals surface area contributed by atoms with Crippen molar-refractivity contribution >= 4 is 22.4 Å². The third-order valence-electron chi connectivity index (χ3n) is 7.97. The average Bonchev–Trinajstić information content (AvgIpc) is 3.35. The highest BCUT2D eigenvalue weighted by Gasteiger charge is 2.34. The molecule has 1 saturated carbocycles. The fourth-order valence-corrected chi connectivity index (χ4v) is 5.54. The molecule has 5 nitrogen and oxygen atoms in total. The van der Waals surface area contributed by atoms with E-state index in [1.165, 1.54) is 23.6 Å². The standard InChI is InChI=1S/C30H35N3O2/c1-20-7-6-10-27(21(20)2)31-19-30(34)33-29(23-13-15-26(35-3)16-14-23)18-28(32-33)25-12-11-22-8-4-5-9-24(22)17-25/h4-5,8-9,11-17,20-21,27,29,31H,6-7,10,18-19H2,1-3H3/t20-,21-,27-,29+/m1/s1. The summed E-state index contributed by atoms with van der Waals surface area (Å²) in [5.41, 5.74) is 3.09. The summed E-state index contributed by atoms with van der Waals surface area (Å²) >= 11 is 0. The number of nitrogens with one attached hydrogen (secondary N) is 1. The van der Waals surface area contributed by atoms with Crippen LogP contribution in [0.5, 0.6) is 5.75 Å². The summed E-state index contributed by atoms with van der Waals surface area (Å²) in [6, 6.07) is 23.0. The van der Waals surface area contributed by atoms with Crippen molar-refractivity contribution in [3.05, 3.63) is 77.9 Å². The van der Waals surface area contributed by atoms with Crippen LogP contribution in [0.15, 0.2) is 71.8 Å². The molecule has 5 heteroatoms. The first-order chi connectivity index (χ1) is 17.0. The quantitative estimate of drug-likeness (QED) is 0.486. The SMILES string of the molecule is COc1ccc([C@@H]2CC(c3ccc4ccccc4c3)=NN2C(=O)CN[C@@H]2CCC[C@@H](C)[C@H]2C)cc1. The number of methoxy groups -OCH3 is 1. The maximum Gasteiger partial charge on any atom is 0.257 e. The predicted octanol–water partition coefficient (Wildman–Crippen LogP) is 5.94. The fourth-order valence-electron chi connectivity index (χ4n) is 5.54. The highest BCUT2D eigenvalue weighted by molar-refractivity contribution is 6.05. The molecule has 182 valence electrons. The van der Waals surface area contributed by atoms with Crippen molar-refractivity contribution < 1.29 is 9.53 Å². The van der Waals surface area contributed by atoms with Crippen LogP contribution in [-0.2, 0) is 4.79 Å². The zero-order valence-electron chi connectivity index (χ0n) is 20.9. The average molecular weight is 470 g/mol. The summed E-state index contributed by atoms with van der Waals surface area (Å²) in [4.78, 5) is 13.5. The normalized spacial score (nSPS) is 24.4.